The Kier molecular flexibility index (Phi) is 4.16. The number of primary amides is 1. The minimum Gasteiger partial charge on any atom is -0.350 e. The number of hydrogen-bond acceptors (Lipinski definition) is 2. The number of carbonyl (C=O) groups excluding carboxylic acids is 1. The summed E-state index contributed by atoms with van der Waals surface area (Å²) in [5, 5.41) is 3.70. The van der Waals surface area contributed by atoms with E-state index in [0.29, 0.717) is 11.8 Å². The molecule has 4 nitrogen and oxygen atoms in total. The lowest BCUT2D eigenvalue weighted by Crippen LogP contribution is -2.24. The Bertz CT molecular complexity index is 248. The molecular formula is C10H17N3O. The topological polar surface area (TPSA) is 67.5 Å². The van der Waals surface area contributed by atoms with Gasteiger partial charge in [0.2, 0.25) is 0 Å². The Morgan fingerprint density at radius 1 is 1.64 bits per heavy atom. The fourth-order valence-corrected chi connectivity index (χ4v) is 1.51. The van der Waals surface area contributed by atoms with E-state index >= 15 is 0 Å². The summed E-state index contributed by atoms with van der Waals surface area (Å²) in [6.07, 6.45) is 9.46. The number of amides is 2. The maximum absolute atomic E-state index is 10.3. The van der Waals surface area contributed by atoms with Crippen LogP contribution in [0.1, 0.15) is 26.2 Å². The van der Waals surface area contributed by atoms with Gasteiger partial charge in [-0.2, -0.15) is 5.10 Å². The van der Waals surface area contributed by atoms with Crippen LogP contribution in [-0.4, -0.2) is 12.2 Å². The quantitative estimate of drug-likeness (QED) is 0.401. The van der Waals surface area contributed by atoms with E-state index in [1.54, 1.807) is 6.21 Å². The van der Waals surface area contributed by atoms with E-state index in [2.05, 4.69) is 29.6 Å². The molecule has 0 saturated heterocycles. The average Bonchev–Trinajstić information content (AvgIpc) is 2.15. The van der Waals surface area contributed by atoms with Gasteiger partial charge in [-0.1, -0.05) is 19.1 Å². The number of urea groups is 1. The standard InChI is InChI=1S/C10H17N3O/c1-8-2-4-9(5-3-8)6-7-12-13-10(11)14/h2,4,7-9H,3,5-6H2,1H3,(H3,11,13,14)/b12-7+. The first kappa shape index (κ1) is 10.8. The zero-order chi connectivity index (χ0) is 10.4. The van der Waals surface area contributed by atoms with Gasteiger partial charge in [-0.05, 0) is 31.1 Å². The first-order chi connectivity index (χ1) is 6.68. The van der Waals surface area contributed by atoms with E-state index in [4.69, 9.17) is 5.73 Å². The molecule has 1 rings (SSSR count). The molecule has 78 valence electrons. The number of nitrogens with zero attached hydrogens (tertiary/aromatic N) is 1. The maximum Gasteiger partial charge on any atom is 0.332 e. The van der Waals surface area contributed by atoms with Crippen molar-refractivity contribution < 1.29 is 4.79 Å². The molecule has 0 radical (unpaired) electrons. The number of hydrazone groups is 1. The van der Waals surface area contributed by atoms with Crippen molar-refractivity contribution in [3.05, 3.63) is 12.2 Å². The minimum atomic E-state index is -0.617. The lowest BCUT2D eigenvalue weighted by atomic mass is 9.88. The van der Waals surface area contributed by atoms with Crippen molar-refractivity contribution >= 4 is 12.2 Å². The normalized spacial score (nSPS) is 26.6. The SMILES string of the molecule is CC1C=CC(C/C=N/NC(N)=O)CC1. The van der Waals surface area contributed by atoms with Crippen molar-refractivity contribution in [3.8, 4) is 0 Å². The third kappa shape index (κ3) is 4.07. The molecule has 0 fully saturated rings. The van der Waals surface area contributed by atoms with Gasteiger partial charge < -0.3 is 5.73 Å². The Balaban J connectivity index is 2.22. The Hall–Kier alpha value is -1.32. The largest absolute Gasteiger partial charge is 0.350 e. The number of hydrogen-bond donors (Lipinski definition) is 2. The fraction of sp³-hybridized carbons (Fsp3) is 0.600. The molecule has 2 amide bonds. The first-order valence-electron chi connectivity index (χ1n) is 4.93. The monoisotopic (exact) mass is 195 g/mol. The second-order valence-electron chi connectivity index (χ2n) is 3.72. The van der Waals surface area contributed by atoms with Crippen molar-refractivity contribution in [3.63, 3.8) is 0 Å². The Morgan fingerprint density at radius 2 is 2.43 bits per heavy atom. The number of nitrogens with two attached hydrogens (primary N) is 1. The molecular weight excluding hydrogens is 178 g/mol. The maximum atomic E-state index is 10.3. The molecule has 0 aromatic heterocycles. The van der Waals surface area contributed by atoms with Crippen LogP contribution in [0.4, 0.5) is 4.79 Å². The number of rotatable bonds is 3. The zero-order valence-electron chi connectivity index (χ0n) is 8.44. The average molecular weight is 195 g/mol. The van der Waals surface area contributed by atoms with Crippen molar-refractivity contribution in [2.75, 3.05) is 0 Å². The number of allylic oxidation sites excluding steroid dienone is 2. The summed E-state index contributed by atoms with van der Waals surface area (Å²) in [7, 11) is 0. The summed E-state index contributed by atoms with van der Waals surface area (Å²) in [5.74, 6) is 1.26. The molecule has 0 aromatic rings. The highest BCUT2D eigenvalue weighted by Gasteiger charge is 2.10. The highest BCUT2D eigenvalue weighted by atomic mass is 16.2. The molecule has 4 heteroatoms. The molecule has 1 aliphatic carbocycles. The lowest BCUT2D eigenvalue weighted by Gasteiger charge is -2.18. The van der Waals surface area contributed by atoms with Crippen LogP contribution in [0.3, 0.4) is 0 Å². The highest BCUT2D eigenvalue weighted by Crippen LogP contribution is 2.23. The van der Waals surface area contributed by atoms with Gasteiger partial charge in [0.1, 0.15) is 0 Å². The van der Waals surface area contributed by atoms with Crippen LogP contribution in [0.25, 0.3) is 0 Å². The zero-order valence-corrected chi connectivity index (χ0v) is 8.44. The van der Waals surface area contributed by atoms with Crippen molar-refractivity contribution in [1.29, 1.82) is 0 Å². The van der Waals surface area contributed by atoms with Gasteiger partial charge in [-0.3, -0.25) is 0 Å². The number of nitrogens with one attached hydrogen (secondary N) is 1. The molecule has 0 heterocycles. The molecule has 1 aliphatic rings. The van der Waals surface area contributed by atoms with Crippen LogP contribution in [0.15, 0.2) is 17.3 Å². The predicted molar refractivity (Wildman–Crippen MR) is 56.9 cm³/mol. The molecule has 0 saturated carbocycles. The van der Waals surface area contributed by atoms with Gasteiger partial charge in [-0.15, -0.1) is 0 Å². The molecule has 0 aliphatic heterocycles. The summed E-state index contributed by atoms with van der Waals surface area (Å²) in [6.45, 7) is 2.22. The van der Waals surface area contributed by atoms with E-state index < -0.39 is 6.03 Å². The van der Waals surface area contributed by atoms with Crippen LogP contribution in [-0.2, 0) is 0 Å². The summed E-state index contributed by atoms with van der Waals surface area (Å²) in [4.78, 5) is 10.3. The molecule has 0 bridgehead atoms. The van der Waals surface area contributed by atoms with Crippen molar-refractivity contribution in [2.45, 2.75) is 26.2 Å². The van der Waals surface area contributed by atoms with E-state index in [1.165, 1.54) is 12.8 Å². The van der Waals surface area contributed by atoms with Crippen molar-refractivity contribution in [2.24, 2.45) is 22.7 Å². The van der Waals surface area contributed by atoms with E-state index in [-0.39, 0.29) is 0 Å². The van der Waals surface area contributed by atoms with Gasteiger partial charge in [0.05, 0.1) is 0 Å². The molecule has 14 heavy (non-hydrogen) atoms. The van der Waals surface area contributed by atoms with E-state index in [9.17, 15) is 4.79 Å². The second kappa shape index (κ2) is 5.42. The van der Waals surface area contributed by atoms with Crippen LogP contribution in [0.2, 0.25) is 0 Å². The third-order valence-electron chi connectivity index (χ3n) is 2.38. The molecule has 0 spiro atoms. The summed E-state index contributed by atoms with van der Waals surface area (Å²) < 4.78 is 0. The lowest BCUT2D eigenvalue weighted by molar-refractivity contribution is 0.249. The summed E-state index contributed by atoms with van der Waals surface area (Å²) in [6, 6.07) is -0.617. The first-order valence-corrected chi connectivity index (χ1v) is 4.93. The Labute approximate surface area is 84.2 Å². The Morgan fingerprint density at radius 3 is 3.00 bits per heavy atom. The molecule has 3 N–H and O–H groups in total. The van der Waals surface area contributed by atoms with E-state index in [1.807, 2.05) is 0 Å². The highest BCUT2D eigenvalue weighted by molar-refractivity contribution is 5.72. The number of carbonyl (C=O) groups is 1. The molecule has 2 atom stereocenters. The van der Waals surface area contributed by atoms with Gasteiger partial charge in [0.25, 0.3) is 0 Å². The molecule has 2 unspecified atom stereocenters. The van der Waals surface area contributed by atoms with Gasteiger partial charge >= 0.3 is 6.03 Å². The third-order valence-corrected chi connectivity index (χ3v) is 2.38. The summed E-state index contributed by atoms with van der Waals surface area (Å²) in [5.41, 5.74) is 7.03. The minimum absolute atomic E-state index is 0.560. The van der Waals surface area contributed by atoms with Crippen LogP contribution in [0.5, 0.6) is 0 Å². The summed E-state index contributed by atoms with van der Waals surface area (Å²) >= 11 is 0. The second-order valence-corrected chi connectivity index (χ2v) is 3.72. The van der Waals surface area contributed by atoms with Gasteiger partial charge in [-0.25, -0.2) is 10.2 Å². The van der Waals surface area contributed by atoms with Crippen LogP contribution < -0.4 is 11.2 Å². The van der Waals surface area contributed by atoms with Gasteiger partial charge in [0.15, 0.2) is 0 Å². The van der Waals surface area contributed by atoms with Crippen molar-refractivity contribution in [1.82, 2.24) is 5.43 Å². The predicted octanol–water partition coefficient (Wildman–Crippen LogP) is 1.63. The molecule has 0 aromatic carbocycles. The van der Waals surface area contributed by atoms with Gasteiger partial charge in [0, 0.05) is 6.21 Å². The van der Waals surface area contributed by atoms with Crippen LogP contribution >= 0.6 is 0 Å². The van der Waals surface area contributed by atoms with E-state index in [0.717, 1.165) is 6.42 Å². The fourth-order valence-electron chi connectivity index (χ4n) is 1.51. The van der Waals surface area contributed by atoms with Crippen LogP contribution in [0, 0.1) is 11.8 Å². The smallest absolute Gasteiger partial charge is 0.332 e.